The van der Waals surface area contributed by atoms with Crippen LogP contribution in [0.25, 0.3) is 5.69 Å². The van der Waals surface area contributed by atoms with E-state index in [1.807, 2.05) is 60.1 Å². The van der Waals surface area contributed by atoms with Crippen LogP contribution in [-0.2, 0) is 6.42 Å². The Labute approximate surface area is 244 Å². The van der Waals surface area contributed by atoms with Crippen molar-refractivity contribution in [2.24, 2.45) is 9.98 Å². The van der Waals surface area contributed by atoms with Gasteiger partial charge in [0.05, 0.1) is 28.8 Å². The highest BCUT2D eigenvalue weighted by molar-refractivity contribution is 6.51. The van der Waals surface area contributed by atoms with Gasteiger partial charge in [-0.15, -0.1) is 0 Å². The van der Waals surface area contributed by atoms with Crippen molar-refractivity contribution < 1.29 is 0 Å². The van der Waals surface area contributed by atoms with Crippen LogP contribution in [0.5, 0.6) is 0 Å². The smallest absolute Gasteiger partial charge is 0.179 e. The van der Waals surface area contributed by atoms with E-state index in [-0.39, 0.29) is 6.04 Å². The van der Waals surface area contributed by atoms with Gasteiger partial charge in [-0.05, 0) is 73.4 Å². The molecule has 0 aliphatic carbocycles. The summed E-state index contributed by atoms with van der Waals surface area (Å²) in [6.07, 6.45) is 0.986. The van der Waals surface area contributed by atoms with Crippen molar-refractivity contribution >= 4 is 46.2 Å². The maximum Gasteiger partial charge on any atom is 0.179 e. The van der Waals surface area contributed by atoms with Gasteiger partial charge in [0.15, 0.2) is 17.5 Å². The molecule has 2 aliphatic rings. The maximum atomic E-state index is 6.50. The van der Waals surface area contributed by atoms with Crippen molar-refractivity contribution in [3.8, 4) is 5.69 Å². The Morgan fingerprint density at radius 2 is 1.61 bits per heavy atom. The van der Waals surface area contributed by atoms with Crippen molar-refractivity contribution in [3.05, 3.63) is 130 Å². The van der Waals surface area contributed by atoms with Crippen LogP contribution in [-0.4, -0.2) is 21.5 Å². The van der Waals surface area contributed by atoms with Crippen LogP contribution in [0.2, 0.25) is 5.02 Å². The average Bonchev–Trinajstić information content (AvgIpc) is 3.34. The van der Waals surface area contributed by atoms with Crippen LogP contribution in [0, 0.1) is 13.8 Å². The lowest BCUT2D eigenvalue weighted by Gasteiger charge is -2.40. The molecule has 0 fully saturated rings. The molecule has 1 N–H and O–H groups in total. The number of aliphatic imine (C=N–C) groups is 2. The third-order valence-electron chi connectivity index (χ3n) is 7.78. The average molecular weight is 557 g/mol. The van der Waals surface area contributed by atoms with Crippen molar-refractivity contribution in [1.29, 1.82) is 0 Å². The number of hydrogen-bond donors (Lipinski definition) is 1. The molecule has 0 unspecified atom stereocenters. The van der Waals surface area contributed by atoms with Crippen molar-refractivity contribution in [1.82, 2.24) is 9.78 Å². The van der Waals surface area contributed by atoms with Crippen LogP contribution in [0.4, 0.5) is 22.9 Å². The summed E-state index contributed by atoms with van der Waals surface area (Å²) < 4.78 is 1.95. The molecular weight excluding hydrogens is 528 g/mol. The fourth-order valence-electron chi connectivity index (χ4n) is 5.61. The van der Waals surface area contributed by atoms with E-state index in [9.17, 15) is 0 Å². The first-order chi connectivity index (χ1) is 20.0. The number of amidine groups is 2. The Hall–Kier alpha value is -4.68. The Bertz CT molecular complexity index is 1840. The zero-order valence-corrected chi connectivity index (χ0v) is 23.9. The number of nitrogens with zero attached hydrogens (tertiary/aromatic N) is 5. The summed E-state index contributed by atoms with van der Waals surface area (Å²) in [6.45, 7) is 6.25. The molecule has 0 radical (unpaired) electrons. The Morgan fingerprint density at radius 1 is 0.854 bits per heavy atom. The third kappa shape index (κ3) is 4.32. The lowest BCUT2D eigenvalue weighted by atomic mass is 9.92. The minimum Gasteiger partial charge on any atom is -0.337 e. The van der Waals surface area contributed by atoms with Crippen LogP contribution in [0.1, 0.15) is 40.9 Å². The molecule has 1 atom stereocenters. The number of para-hydroxylation sites is 3. The number of aromatic nitrogens is 2. The Balaban J connectivity index is 1.48. The van der Waals surface area contributed by atoms with Gasteiger partial charge in [-0.2, -0.15) is 5.10 Å². The molecule has 0 spiro atoms. The van der Waals surface area contributed by atoms with Crippen molar-refractivity contribution in [2.75, 3.05) is 10.2 Å². The monoisotopic (exact) mass is 556 g/mol. The SMILES string of the molecule is CCc1ccc([C@@H]2c3c(C)nn(-c4ccccc4)c3N=C3C(Nc4ccc(C)c(Cl)c4)=Nc4ccccc4N32)cc1. The number of nitrogens with one attached hydrogen (secondary N) is 1. The Kier molecular flexibility index (Phi) is 6.20. The fraction of sp³-hybridized carbons (Fsp3) is 0.147. The molecule has 0 amide bonds. The summed E-state index contributed by atoms with van der Waals surface area (Å²) in [4.78, 5) is 12.7. The second-order valence-corrected chi connectivity index (χ2v) is 10.8. The minimum atomic E-state index is -0.157. The van der Waals surface area contributed by atoms with Gasteiger partial charge in [-0.3, -0.25) is 0 Å². The summed E-state index contributed by atoms with van der Waals surface area (Å²) in [7, 11) is 0. The van der Waals surface area contributed by atoms with E-state index < -0.39 is 0 Å². The molecule has 2 aliphatic heterocycles. The zero-order valence-electron chi connectivity index (χ0n) is 23.1. The van der Waals surface area contributed by atoms with Crippen LogP contribution in [0.15, 0.2) is 107 Å². The van der Waals surface area contributed by atoms with Crippen molar-refractivity contribution in [2.45, 2.75) is 33.2 Å². The van der Waals surface area contributed by atoms with Gasteiger partial charge in [0.25, 0.3) is 0 Å². The molecule has 0 saturated carbocycles. The third-order valence-corrected chi connectivity index (χ3v) is 8.18. The number of halogens is 1. The van der Waals surface area contributed by atoms with Crippen LogP contribution < -0.4 is 10.2 Å². The minimum absolute atomic E-state index is 0.157. The zero-order chi connectivity index (χ0) is 28.1. The molecule has 0 bridgehead atoms. The first kappa shape index (κ1) is 25.3. The molecule has 4 aromatic carbocycles. The molecule has 6 nitrogen and oxygen atoms in total. The number of hydrogen-bond acceptors (Lipinski definition) is 5. The predicted molar refractivity (Wildman–Crippen MR) is 169 cm³/mol. The molecule has 41 heavy (non-hydrogen) atoms. The molecule has 7 heteroatoms. The normalized spacial score (nSPS) is 15.4. The molecule has 3 heterocycles. The van der Waals surface area contributed by atoms with Crippen LogP contribution in [0.3, 0.4) is 0 Å². The predicted octanol–water partition coefficient (Wildman–Crippen LogP) is 8.50. The van der Waals surface area contributed by atoms with Gasteiger partial charge in [-0.25, -0.2) is 14.7 Å². The number of anilines is 2. The molecule has 1 aromatic heterocycles. The highest BCUT2D eigenvalue weighted by Crippen LogP contribution is 2.48. The number of fused-ring (bicyclic) bond motifs is 4. The first-order valence-corrected chi connectivity index (χ1v) is 14.2. The Morgan fingerprint density at radius 3 is 2.37 bits per heavy atom. The molecule has 0 saturated heterocycles. The van der Waals surface area contributed by atoms with Gasteiger partial charge in [0.1, 0.15) is 0 Å². The van der Waals surface area contributed by atoms with E-state index in [4.69, 9.17) is 26.7 Å². The topological polar surface area (TPSA) is 57.8 Å². The number of aryl methyl sites for hydroxylation is 3. The van der Waals surface area contributed by atoms with E-state index in [2.05, 4.69) is 72.6 Å². The second-order valence-electron chi connectivity index (χ2n) is 10.4. The highest BCUT2D eigenvalue weighted by atomic mass is 35.5. The molecular formula is C34H29ClN6. The quantitative estimate of drug-likeness (QED) is 0.241. The summed E-state index contributed by atoms with van der Waals surface area (Å²) >= 11 is 6.50. The van der Waals surface area contributed by atoms with Gasteiger partial charge in [-0.1, -0.05) is 79.2 Å². The lowest BCUT2D eigenvalue weighted by molar-refractivity contribution is 0.814. The van der Waals surface area contributed by atoms with E-state index in [1.165, 1.54) is 11.1 Å². The molecule has 7 rings (SSSR count). The summed E-state index contributed by atoms with van der Waals surface area (Å²) in [5, 5.41) is 9.26. The summed E-state index contributed by atoms with van der Waals surface area (Å²) in [5.74, 6) is 2.19. The van der Waals surface area contributed by atoms with E-state index in [1.54, 1.807) is 0 Å². The van der Waals surface area contributed by atoms with Gasteiger partial charge in [0, 0.05) is 16.3 Å². The van der Waals surface area contributed by atoms with E-state index in [0.29, 0.717) is 10.9 Å². The van der Waals surface area contributed by atoms with E-state index >= 15 is 0 Å². The van der Waals surface area contributed by atoms with Gasteiger partial charge >= 0.3 is 0 Å². The number of rotatable bonds is 4. The highest BCUT2D eigenvalue weighted by Gasteiger charge is 2.41. The standard InChI is InChI=1S/C34H29ClN6/c1-4-23-15-17-24(18-16-23)31-30-22(3)39-41(26-10-6-5-7-11-26)33(30)38-34-32(36-25-19-14-21(2)27(35)20-25)37-28-12-8-9-13-29(28)40(31)34/h5-20,31H,4H2,1-3H3,(H,36,37)/t31-/m1/s1. The molecule has 202 valence electrons. The number of benzene rings is 4. The molecule has 5 aromatic rings. The largest absolute Gasteiger partial charge is 0.337 e. The van der Waals surface area contributed by atoms with Gasteiger partial charge in [0.2, 0.25) is 0 Å². The van der Waals surface area contributed by atoms with Crippen molar-refractivity contribution in [3.63, 3.8) is 0 Å². The maximum absolute atomic E-state index is 6.50. The lowest BCUT2D eigenvalue weighted by Crippen LogP contribution is -2.46. The van der Waals surface area contributed by atoms with E-state index in [0.717, 1.165) is 57.6 Å². The second kappa shape index (κ2) is 10.1. The van der Waals surface area contributed by atoms with Gasteiger partial charge < -0.3 is 10.2 Å². The first-order valence-electron chi connectivity index (χ1n) is 13.8. The summed E-state index contributed by atoms with van der Waals surface area (Å²) in [6, 6.07) is 33.1. The van der Waals surface area contributed by atoms with Crippen LogP contribution >= 0.6 is 11.6 Å². The fourth-order valence-corrected chi connectivity index (χ4v) is 5.79. The summed E-state index contributed by atoms with van der Waals surface area (Å²) in [5.41, 5.74) is 9.20.